The zero-order valence-corrected chi connectivity index (χ0v) is 10.0. The van der Waals surface area contributed by atoms with E-state index in [2.05, 4.69) is 37.1 Å². The Balaban J connectivity index is 2.38. The zero-order chi connectivity index (χ0) is 11.1. The molecule has 1 heterocycles. The maximum Gasteiger partial charge on any atom is 0.0299 e. The number of nitrogens with zero attached hydrogens (tertiary/aromatic N) is 1. The summed E-state index contributed by atoms with van der Waals surface area (Å²) in [5.41, 5.74) is 1.34. The molecule has 0 bridgehead atoms. The van der Waals surface area contributed by atoms with Crippen molar-refractivity contribution in [1.82, 2.24) is 10.3 Å². The Morgan fingerprint density at radius 2 is 2.13 bits per heavy atom. The minimum absolute atomic E-state index is 0.702. The molecule has 1 aromatic heterocycles. The second-order valence-electron chi connectivity index (χ2n) is 4.33. The number of nitrogens with one attached hydrogen (secondary N) is 1. The third-order valence-electron chi connectivity index (χ3n) is 2.97. The number of aromatic nitrogens is 1. The Bertz CT molecular complexity index is 258. The Morgan fingerprint density at radius 1 is 1.33 bits per heavy atom. The van der Waals surface area contributed by atoms with Crippen molar-refractivity contribution < 1.29 is 0 Å². The largest absolute Gasteiger partial charge is 0.317 e. The van der Waals surface area contributed by atoms with Crippen LogP contribution in [0.1, 0.15) is 26.3 Å². The van der Waals surface area contributed by atoms with E-state index in [1.165, 1.54) is 5.56 Å². The van der Waals surface area contributed by atoms with E-state index in [1.807, 2.05) is 18.5 Å². The lowest BCUT2D eigenvalue weighted by molar-refractivity contribution is 0.368. The van der Waals surface area contributed by atoms with Gasteiger partial charge in [-0.2, -0.15) is 0 Å². The zero-order valence-electron chi connectivity index (χ0n) is 10.0. The third-order valence-corrected chi connectivity index (χ3v) is 2.97. The molecule has 0 spiro atoms. The molecule has 0 aliphatic heterocycles. The van der Waals surface area contributed by atoms with Crippen LogP contribution in [0.15, 0.2) is 24.5 Å². The number of rotatable bonds is 6. The summed E-state index contributed by atoms with van der Waals surface area (Å²) in [5, 5.41) is 3.40. The molecule has 1 aromatic rings. The van der Waals surface area contributed by atoms with Gasteiger partial charge in [0.05, 0.1) is 0 Å². The van der Waals surface area contributed by atoms with Crippen molar-refractivity contribution in [3.63, 3.8) is 0 Å². The average Bonchev–Trinajstić information content (AvgIpc) is 2.27. The molecule has 0 radical (unpaired) electrons. The maximum absolute atomic E-state index is 4.14. The Hall–Kier alpha value is -0.890. The van der Waals surface area contributed by atoms with Gasteiger partial charge in [-0.05, 0) is 43.0 Å². The van der Waals surface area contributed by atoms with Crippen LogP contribution in [-0.4, -0.2) is 18.1 Å². The second-order valence-corrected chi connectivity index (χ2v) is 4.33. The average molecular weight is 206 g/mol. The quantitative estimate of drug-likeness (QED) is 0.773. The lowest BCUT2D eigenvalue weighted by Gasteiger charge is -2.19. The van der Waals surface area contributed by atoms with Crippen LogP contribution in [0.5, 0.6) is 0 Å². The van der Waals surface area contributed by atoms with Gasteiger partial charge in [-0.3, -0.25) is 4.98 Å². The second kappa shape index (κ2) is 6.57. The van der Waals surface area contributed by atoms with E-state index >= 15 is 0 Å². The molecule has 15 heavy (non-hydrogen) atoms. The summed E-state index contributed by atoms with van der Waals surface area (Å²) in [6.45, 7) is 8.94. The van der Waals surface area contributed by atoms with E-state index in [4.69, 9.17) is 0 Å². The van der Waals surface area contributed by atoms with Crippen LogP contribution in [0.2, 0.25) is 0 Å². The highest BCUT2D eigenvalue weighted by molar-refractivity contribution is 5.09. The van der Waals surface area contributed by atoms with Crippen molar-refractivity contribution in [1.29, 1.82) is 0 Å². The minimum atomic E-state index is 0.702. The van der Waals surface area contributed by atoms with E-state index in [0.717, 1.165) is 19.5 Å². The highest BCUT2D eigenvalue weighted by Crippen LogP contribution is 2.15. The molecule has 0 aliphatic rings. The summed E-state index contributed by atoms with van der Waals surface area (Å²) in [5.74, 6) is 1.42. The van der Waals surface area contributed by atoms with Crippen LogP contribution < -0.4 is 5.32 Å². The van der Waals surface area contributed by atoms with E-state index in [9.17, 15) is 0 Å². The lowest BCUT2D eigenvalue weighted by Crippen LogP contribution is -2.25. The first-order valence-corrected chi connectivity index (χ1v) is 5.83. The summed E-state index contributed by atoms with van der Waals surface area (Å²) in [6, 6.07) is 4.17. The molecule has 0 aliphatic carbocycles. The van der Waals surface area contributed by atoms with Gasteiger partial charge < -0.3 is 5.32 Å². The predicted octanol–water partition coefficient (Wildman–Crippen LogP) is 2.51. The van der Waals surface area contributed by atoms with Crippen LogP contribution in [0.25, 0.3) is 0 Å². The summed E-state index contributed by atoms with van der Waals surface area (Å²) >= 11 is 0. The van der Waals surface area contributed by atoms with Crippen molar-refractivity contribution in [3.05, 3.63) is 30.1 Å². The highest BCUT2D eigenvalue weighted by atomic mass is 14.8. The van der Waals surface area contributed by atoms with Crippen LogP contribution in [-0.2, 0) is 6.42 Å². The smallest absolute Gasteiger partial charge is 0.0299 e. The Morgan fingerprint density at radius 3 is 2.73 bits per heavy atom. The van der Waals surface area contributed by atoms with Gasteiger partial charge in [0.15, 0.2) is 0 Å². The van der Waals surface area contributed by atoms with E-state index in [0.29, 0.717) is 11.8 Å². The van der Waals surface area contributed by atoms with Gasteiger partial charge in [-0.1, -0.05) is 26.8 Å². The number of hydrogen-bond donors (Lipinski definition) is 1. The lowest BCUT2D eigenvalue weighted by atomic mass is 9.90. The van der Waals surface area contributed by atoms with Crippen molar-refractivity contribution in [2.75, 3.05) is 13.1 Å². The molecule has 0 saturated carbocycles. The van der Waals surface area contributed by atoms with Crippen molar-refractivity contribution in [2.24, 2.45) is 11.8 Å². The van der Waals surface area contributed by atoms with Gasteiger partial charge in [0.1, 0.15) is 0 Å². The molecule has 2 atom stereocenters. The van der Waals surface area contributed by atoms with Crippen molar-refractivity contribution >= 4 is 0 Å². The van der Waals surface area contributed by atoms with Crippen LogP contribution in [0.3, 0.4) is 0 Å². The first kappa shape index (κ1) is 12.2. The molecule has 0 amide bonds. The van der Waals surface area contributed by atoms with Crippen LogP contribution in [0.4, 0.5) is 0 Å². The Labute approximate surface area is 93.1 Å². The molecule has 0 aromatic carbocycles. The minimum Gasteiger partial charge on any atom is -0.317 e. The van der Waals surface area contributed by atoms with Crippen LogP contribution >= 0.6 is 0 Å². The topological polar surface area (TPSA) is 24.9 Å². The fourth-order valence-electron chi connectivity index (χ4n) is 1.67. The van der Waals surface area contributed by atoms with Gasteiger partial charge in [-0.25, -0.2) is 0 Å². The maximum atomic E-state index is 4.14. The standard InChI is InChI=1S/C13H22N2/c1-4-14-9-12(3)11(2)8-13-6-5-7-15-10-13/h5-7,10-12,14H,4,8-9H2,1-3H3. The SMILES string of the molecule is CCNCC(C)C(C)Cc1cccnc1. The highest BCUT2D eigenvalue weighted by Gasteiger charge is 2.11. The predicted molar refractivity (Wildman–Crippen MR) is 64.8 cm³/mol. The summed E-state index contributed by atoms with van der Waals surface area (Å²) in [6.07, 6.45) is 4.92. The molecule has 2 unspecified atom stereocenters. The molecule has 0 fully saturated rings. The molecule has 1 N–H and O–H groups in total. The van der Waals surface area contributed by atoms with Crippen molar-refractivity contribution in [3.8, 4) is 0 Å². The third kappa shape index (κ3) is 4.43. The summed E-state index contributed by atoms with van der Waals surface area (Å²) < 4.78 is 0. The Kier molecular flexibility index (Phi) is 5.33. The van der Waals surface area contributed by atoms with Gasteiger partial charge in [0.2, 0.25) is 0 Å². The first-order chi connectivity index (χ1) is 7.24. The monoisotopic (exact) mass is 206 g/mol. The van der Waals surface area contributed by atoms with E-state index < -0.39 is 0 Å². The van der Waals surface area contributed by atoms with Gasteiger partial charge in [0, 0.05) is 12.4 Å². The number of hydrogen-bond acceptors (Lipinski definition) is 2. The summed E-state index contributed by atoms with van der Waals surface area (Å²) in [7, 11) is 0. The van der Waals surface area contributed by atoms with E-state index in [1.54, 1.807) is 0 Å². The van der Waals surface area contributed by atoms with Gasteiger partial charge >= 0.3 is 0 Å². The fourth-order valence-corrected chi connectivity index (χ4v) is 1.67. The molecule has 84 valence electrons. The van der Waals surface area contributed by atoms with Gasteiger partial charge in [-0.15, -0.1) is 0 Å². The molecule has 2 nitrogen and oxygen atoms in total. The van der Waals surface area contributed by atoms with Crippen molar-refractivity contribution in [2.45, 2.75) is 27.2 Å². The molecular weight excluding hydrogens is 184 g/mol. The van der Waals surface area contributed by atoms with Gasteiger partial charge in [0.25, 0.3) is 0 Å². The van der Waals surface area contributed by atoms with Crippen LogP contribution in [0, 0.1) is 11.8 Å². The molecule has 2 heteroatoms. The molecule has 1 rings (SSSR count). The first-order valence-electron chi connectivity index (χ1n) is 5.83. The number of pyridine rings is 1. The van der Waals surface area contributed by atoms with E-state index in [-0.39, 0.29) is 0 Å². The molecular formula is C13H22N2. The fraction of sp³-hybridized carbons (Fsp3) is 0.615. The normalized spacial score (nSPS) is 14.9. The summed E-state index contributed by atoms with van der Waals surface area (Å²) in [4.78, 5) is 4.14. The molecule has 0 saturated heterocycles.